The summed E-state index contributed by atoms with van der Waals surface area (Å²) in [4.78, 5) is 7.45. The zero-order valence-electron chi connectivity index (χ0n) is 16.4. The molecule has 1 saturated heterocycles. The first-order valence-corrected chi connectivity index (χ1v) is 10.3. The third kappa shape index (κ3) is 4.40. The van der Waals surface area contributed by atoms with Crippen LogP contribution in [0.4, 0.5) is 0 Å². The van der Waals surface area contributed by atoms with Crippen molar-refractivity contribution in [2.24, 2.45) is 4.99 Å². The van der Waals surface area contributed by atoms with Crippen LogP contribution < -0.4 is 10.6 Å². The molecule has 7 heteroatoms. The van der Waals surface area contributed by atoms with E-state index in [1.165, 1.54) is 19.3 Å². The highest BCUT2D eigenvalue weighted by molar-refractivity contribution is 5.80. The second-order valence-corrected chi connectivity index (χ2v) is 7.76. The number of aliphatic imine (C=N–C) groups is 1. The molecule has 4 rings (SSSR count). The van der Waals surface area contributed by atoms with Crippen molar-refractivity contribution in [1.82, 2.24) is 30.1 Å². The molecule has 2 aromatic heterocycles. The summed E-state index contributed by atoms with van der Waals surface area (Å²) >= 11 is 0. The highest BCUT2D eigenvalue weighted by atomic mass is 15.3. The quantitative estimate of drug-likeness (QED) is 0.443. The van der Waals surface area contributed by atoms with E-state index in [4.69, 9.17) is 4.99 Å². The molecule has 1 saturated carbocycles. The summed E-state index contributed by atoms with van der Waals surface area (Å²) in [6.07, 6.45) is 7.82. The average molecular weight is 370 g/mol. The van der Waals surface area contributed by atoms with Crippen LogP contribution in [0.25, 0.3) is 5.65 Å². The van der Waals surface area contributed by atoms with Crippen molar-refractivity contribution in [2.45, 2.75) is 64.1 Å². The van der Waals surface area contributed by atoms with E-state index in [9.17, 15) is 0 Å². The lowest BCUT2D eigenvalue weighted by molar-refractivity contribution is 0.256. The van der Waals surface area contributed by atoms with E-state index < -0.39 is 0 Å². The Morgan fingerprint density at radius 2 is 2.19 bits per heavy atom. The van der Waals surface area contributed by atoms with Crippen LogP contribution in [-0.2, 0) is 6.42 Å². The van der Waals surface area contributed by atoms with Gasteiger partial charge in [-0.05, 0) is 51.7 Å². The number of aryl methyl sites for hydroxylation is 1. The fourth-order valence-electron chi connectivity index (χ4n) is 4.08. The van der Waals surface area contributed by atoms with Gasteiger partial charge in [-0.1, -0.05) is 6.07 Å². The maximum absolute atomic E-state index is 4.79. The Kier molecular flexibility index (Phi) is 5.57. The Morgan fingerprint density at radius 1 is 1.30 bits per heavy atom. The normalized spacial score (nSPS) is 23.9. The molecule has 2 unspecified atom stereocenters. The summed E-state index contributed by atoms with van der Waals surface area (Å²) < 4.78 is 2.06. The first-order chi connectivity index (χ1) is 13.2. The van der Waals surface area contributed by atoms with Gasteiger partial charge >= 0.3 is 0 Å². The fraction of sp³-hybridized carbons (Fsp3) is 0.650. The largest absolute Gasteiger partial charge is 0.357 e. The summed E-state index contributed by atoms with van der Waals surface area (Å²) in [5.74, 6) is 1.95. The number of guanidine groups is 1. The van der Waals surface area contributed by atoms with E-state index in [0.29, 0.717) is 12.1 Å². The molecule has 2 aliphatic rings. The van der Waals surface area contributed by atoms with Gasteiger partial charge in [-0.25, -0.2) is 0 Å². The third-order valence-corrected chi connectivity index (χ3v) is 5.54. The van der Waals surface area contributed by atoms with Gasteiger partial charge in [-0.15, -0.1) is 10.2 Å². The van der Waals surface area contributed by atoms with Crippen molar-refractivity contribution >= 4 is 11.6 Å². The minimum absolute atomic E-state index is 0.499. The molecule has 0 bridgehead atoms. The third-order valence-electron chi connectivity index (χ3n) is 5.54. The Bertz CT molecular complexity index is 779. The first kappa shape index (κ1) is 18.2. The number of nitrogens with one attached hydrogen (secondary N) is 2. The van der Waals surface area contributed by atoms with Gasteiger partial charge in [0.2, 0.25) is 0 Å². The summed E-state index contributed by atoms with van der Waals surface area (Å²) in [5.41, 5.74) is 0.904. The molecule has 2 aromatic rings. The molecule has 1 aliphatic heterocycles. The predicted octanol–water partition coefficient (Wildman–Crippen LogP) is 1.84. The highest BCUT2D eigenvalue weighted by Crippen LogP contribution is 2.33. The van der Waals surface area contributed by atoms with Gasteiger partial charge < -0.3 is 10.6 Å². The number of likely N-dealkylation sites (tertiary alicyclic amines) is 1. The van der Waals surface area contributed by atoms with E-state index in [2.05, 4.69) is 44.0 Å². The predicted molar refractivity (Wildman–Crippen MR) is 108 cm³/mol. The van der Waals surface area contributed by atoms with Crippen molar-refractivity contribution in [2.75, 3.05) is 19.6 Å². The Morgan fingerprint density at radius 3 is 3.00 bits per heavy atom. The molecule has 2 fully saturated rings. The molecule has 7 nitrogen and oxygen atoms in total. The van der Waals surface area contributed by atoms with E-state index in [1.807, 2.05) is 24.4 Å². The maximum Gasteiger partial charge on any atom is 0.191 e. The van der Waals surface area contributed by atoms with Gasteiger partial charge in [0.1, 0.15) is 5.82 Å². The number of fused-ring (bicyclic) bond motifs is 1. The van der Waals surface area contributed by atoms with Crippen LogP contribution in [0, 0.1) is 0 Å². The molecule has 3 heterocycles. The summed E-state index contributed by atoms with van der Waals surface area (Å²) in [7, 11) is 0. The molecule has 0 aromatic carbocycles. The number of hydrogen-bond donors (Lipinski definition) is 2. The Hall–Kier alpha value is -2.15. The van der Waals surface area contributed by atoms with Gasteiger partial charge in [0.15, 0.2) is 11.6 Å². The lowest BCUT2D eigenvalue weighted by atomic mass is 10.2. The van der Waals surface area contributed by atoms with Crippen LogP contribution in [-0.4, -0.2) is 63.2 Å². The van der Waals surface area contributed by atoms with Crippen LogP contribution in [0.15, 0.2) is 29.4 Å². The molecule has 0 radical (unpaired) electrons. The molecular weight excluding hydrogens is 338 g/mol. The smallest absolute Gasteiger partial charge is 0.191 e. The molecule has 27 heavy (non-hydrogen) atoms. The summed E-state index contributed by atoms with van der Waals surface area (Å²) in [5, 5.41) is 15.6. The monoisotopic (exact) mass is 369 g/mol. The van der Waals surface area contributed by atoms with Crippen LogP contribution >= 0.6 is 0 Å². The highest BCUT2D eigenvalue weighted by Gasteiger charge is 2.38. The minimum Gasteiger partial charge on any atom is -0.357 e. The van der Waals surface area contributed by atoms with Crippen LogP contribution in [0.3, 0.4) is 0 Å². The lowest BCUT2D eigenvalue weighted by Gasteiger charge is -2.20. The maximum atomic E-state index is 4.79. The molecular formula is C20H31N7. The van der Waals surface area contributed by atoms with E-state index >= 15 is 0 Å². The van der Waals surface area contributed by atoms with Crippen LogP contribution in [0.5, 0.6) is 0 Å². The second kappa shape index (κ2) is 8.25. The number of pyridine rings is 1. The Balaban J connectivity index is 1.29. The van der Waals surface area contributed by atoms with E-state index in [0.717, 1.165) is 55.9 Å². The minimum atomic E-state index is 0.499. The summed E-state index contributed by atoms with van der Waals surface area (Å²) in [6, 6.07) is 8.00. The van der Waals surface area contributed by atoms with E-state index in [-0.39, 0.29) is 0 Å². The fourth-order valence-corrected chi connectivity index (χ4v) is 4.08. The van der Waals surface area contributed by atoms with Gasteiger partial charge in [0.25, 0.3) is 0 Å². The van der Waals surface area contributed by atoms with Crippen molar-refractivity contribution in [3.8, 4) is 0 Å². The van der Waals surface area contributed by atoms with Crippen molar-refractivity contribution in [1.29, 1.82) is 0 Å². The van der Waals surface area contributed by atoms with Crippen molar-refractivity contribution < 1.29 is 0 Å². The standard InChI is InChI=1S/C20H31N7/c1-3-21-20(23-16-13-15(2)27(14-16)17-9-10-17)22-11-6-8-19-25-24-18-7-4-5-12-26(18)19/h4-5,7,12,15-17H,3,6,8-11,13-14H2,1-2H3,(H2,21,22,23). The van der Waals surface area contributed by atoms with Gasteiger partial charge in [0, 0.05) is 50.4 Å². The van der Waals surface area contributed by atoms with Crippen molar-refractivity contribution in [3.05, 3.63) is 30.2 Å². The topological polar surface area (TPSA) is 69.8 Å². The second-order valence-electron chi connectivity index (χ2n) is 7.76. The number of nitrogens with zero attached hydrogens (tertiary/aromatic N) is 5. The SMILES string of the molecule is CCNC(=NCCCc1nnc2ccccn12)NC1CC(C)N(C2CC2)C1. The number of rotatable bonds is 7. The van der Waals surface area contributed by atoms with Crippen LogP contribution in [0.1, 0.15) is 45.4 Å². The molecule has 146 valence electrons. The van der Waals surface area contributed by atoms with Gasteiger partial charge in [0.05, 0.1) is 0 Å². The molecule has 1 aliphatic carbocycles. The van der Waals surface area contributed by atoms with E-state index in [1.54, 1.807) is 0 Å². The number of hydrogen-bond acceptors (Lipinski definition) is 4. The Labute approximate surface area is 161 Å². The molecule has 0 amide bonds. The molecule has 2 atom stereocenters. The number of aromatic nitrogens is 3. The zero-order chi connectivity index (χ0) is 18.6. The van der Waals surface area contributed by atoms with Crippen molar-refractivity contribution in [3.63, 3.8) is 0 Å². The van der Waals surface area contributed by atoms with Gasteiger partial charge in [-0.2, -0.15) is 0 Å². The molecule has 0 spiro atoms. The average Bonchev–Trinajstić information content (AvgIpc) is 3.33. The lowest BCUT2D eigenvalue weighted by Crippen LogP contribution is -2.44. The van der Waals surface area contributed by atoms with Gasteiger partial charge in [-0.3, -0.25) is 14.3 Å². The van der Waals surface area contributed by atoms with Crippen LogP contribution in [0.2, 0.25) is 0 Å². The summed E-state index contributed by atoms with van der Waals surface area (Å²) in [6.45, 7) is 7.28. The zero-order valence-corrected chi connectivity index (χ0v) is 16.4. The first-order valence-electron chi connectivity index (χ1n) is 10.3. The molecule has 2 N–H and O–H groups in total.